The number of guanidine groups is 1. The van der Waals surface area contributed by atoms with Crippen LogP contribution in [0.4, 0.5) is 0 Å². The lowest BCUT2D eigenvalue weighted by atomic mass is 10.3. The number of piperazine rings is 1. The predicted octanol–water partition coefficient (Wildman–Crippen LogP) is 1.30. The maximum atomic E-state index is 12.3. The summed E-state index contributed by atoms with van der Waals surface area (Å²) in [6, 6.07) is 3.44. The van der Waals surface area contributed by atoms with E-state index in [0.717, 1.165) is 45.0 Å². The molecule has 0 unspecified atom stereocenters. The first-order valence-electron chi connectivity index (χ1n) is 8.88. The number of unbranched alkanes of at least 4 members (excludes halogenated alkanes) is 1. The number of aliphatic imine (C=N–C) groups is 1. The van der Waals surface area contributed by atoms with E-state index in [1.54, 1.807) is 31.8 Å². The normalized spacial score (nSPS) is 14.8. The van der Waals surface area contributed by atoms with E-state index < -0.39 is 0 Å². The Morgan fingerprint density at radius 1 is 1.19 bits per heavy atom. The number of halogens is 1. The van der Waals surface area contributed by atoms with Crippen molar-refractivity contribution in [2.45, 2.75) is 19.4 Å². The highest BCUT2D eigenvalue weighted by atomic mass is 127. The van der Waals surface area contributed by atoms with Gasteiger partial charge in [0, 0.05) is 46.3 Å². The third-order valence-electron chi connectivity index (χ3n) is 4.40. The minimum absolute atomic E-state index is 0. The van der Waals surface area contributed by atoms with Gasteiger partial charge in [-0.15, -0.1) is 34.2 Å². The van der Waals surface area contributed by atoms with Gasteiger partial charge >= 0.3 is 0 Å². The molecule has 2 aromatic heterocycles. The summed E-state index contributed by atoms with van der Waals surface area (Å²) in [4.78, 5) is 20.7. The van der Waals surface area contributed by atoms with E-state index in [1.165, 1.54) is 6.26 Å². The van der Waals surface area contributed by atoms with Crippen LogP contribution in [0.15, 0.2) is 40.5 Å². The Morgan fingerprint density at radius 2 is 1.89 bits per heavy atom. The van der Waals surface area contributed by atoms with Gasteiger partial charge in [-0.25, -0.2) is 0 Å². The van der Waals surface area contributed by atoms with Crippen LogP contribution in [-0.2, 0) is 6.54 Å². The van der Waals surface area contributed by atoms with Gasteiger partial charge in [0.2, 0.25) is 0 Å². The number of hydrogen-bond donors (Lipinski definition) is 1. The molecule has 3 rings (SSSR count). The van der Waals surface area contributed by atoms with Crippen molar-refractivity contribution in [2.75, 3.05) is 39.8 Å². The molecule has 1 aliphatic heterocycles. The number of carbonyl (C=O) groups excluding carboxylic acids is 1. The monoisotopic (exact) mass is 487 g/mol. The van der Waals surface area contributed by atoms with Gasteiger partial charge in [-0.2, -0.15) is 0 Å². The second kappa shape index (κ2) is 10.9. The molecule has 0 atom stereocenters. The van der Waals surface area contributed by atoms with Crippen LogP contribution in [0, 0.1) is 0 Å². The molecule has 1 amide bonds. The number of nitrogens with zero attached hydrogens (tertiary/aromatic N) is 6. The summed E-state index contributed by atoms with van der Waals surface area (Å²) < 4.78 is 7.17. The molecule has 0 radical (unpaired) electrons. The number of amides is 1. The molecule has 9 nitrogen and oxygen atoms in total. The largest absolute Gasteiger partial charge is 0.459 e. The van der Waals surface area contributed by atoms with Gasteiger partial charge in [-0.3, -0.25) is 9.79 Å². The van der Waals surface area contributed by atoms with Crippen molar-refractivity contribution in [1.29, 1.82) is 0 Å². The van der Waals surface area contributed by atoms with Crippen LogP contribution in [0.2, 0.25) is 0 Å². The molecule has 148 valence electrons. The number of rotatable bonds is 6. The SMILES string of the molecule is CN=C(NCCCCn1cnnc1)N1CCN(C(=O)c2ccco2)CC1.I. The minimum atomic E-state index is -0.0495. The first kappa shape index (κ1) is 21.2. The topological polar surface area (TPSA) is 91.8 Å². The van der Waals surface area contributed by atoms with Crippen LogP contribution < -0.4 is 5.32 Å². The zero-order chi connectivity index (χ0) is 18.2. The predicted molar refractivity (Wildman–Crippen MR) is 112 cm³/mol. The zero-order valence-electron chi connectivity index (χ0n) is 15.5. The Kier molecular flexibility index (Phi) is 8.55. The van der Waals surface area contributed by atoms with Crippen LogP contribution in [0.5, 0.6) is 0 Å². The summed E-state index contributed by atoms with van der Waals surface area (Å²) in [7, 11) is 1.79. The van der Waals surface area contributed by atoms with Gasteiger partial charge in [-0.05, 0) is 25.0 Å². The lowest BCUT2D eigenvalue weighted by Gasteiger charge is -2.36. The van der Waals surface area contributed by atoms with Gasteiger partial charge in [0.1, 0.15) is 12.7 Å². The average Bonchev–Trinajstić information content (AvgIpc) is 3.38. The molecular weight excluding hydrogens is 461 g/mol. The molecule has 1 fully saturated rings. The lowest BCUT2D eigenvalue weighted by molar-refractivity contribution is 0.0657. The molecule has 0 bridgehead atoms. The summed E-state index contributed by atoms with van der Waals surface area (Å²) in [5.41, 5.74) is 0. The maximum absolute atomic E-state index is 12.3. The van der Waals surface area contributed by atoms with E-state index in [1.807, 2.05) is 9.47 Å². The summed E-state index contributed by atoms with van der Waals surface area (Å²) in [6.07, 6.45) is 7.08. The van der Waals surface area contributed by atoms with E-state index in [-0.39, 0.29) is 29.9 Å². The molecule has 0 saturated carbocycles. The molecule has 0 aliphatic carbocycles. The fourth-order valence-corrected chi connectivity index (χ4v) is 2.97. The van der Waals surface area contributed by atoms with Gasteiger partial charge in [0.05, 0.1) is 6.26 Å². The van der Waals surface area contributed by atoms with Gasteiger partial charge < -0.3 is 24.1 Å². The van der Waals surface area contributed by atoms with E-state index in [4.69, 9.17) is 4.42 Å². The molecule has 1 saturated heterocycles. The van der Waals surface area contributed by atoms with Crippen LogP contribution in [-0.4, -0.2) is 76.2 Å². The highest BCUT2D eigenvalue weighted by Crippen LogP contribution is 2.09. The standard InChI is InChI=1S/C17H25N7O2.HI/c1-18-17(19-6-2-3-7-22-13-20-21-14-22)24-10-8-23(9-11-24)16(25)15-5-4-12-26-15;/h4-5,12-14H,2-3,6-11H2,1H3,(H,18,19);1H. The fourth-order valence-electron chi connectivity index (χ4n) is 2.97. The van der Waals surface area contributed by atoms with Crippen LogP contribution in [0.1, 0.15) is 23.4 Å². The quantitative estimate of drug-likeness (QED) is 0.286. The molecule has 2 aromatic rings. The molecule has 3 heterocycles. The first-order valence-corrected chi connectivity index (χ1v) is 8.88. The smallest absolute Gasteiger partial charge is 0.289 e. The third kappa shape index (κ3) is 5.94. The highest BCUT2D eigenvalue weighted by molar-refractivity contribution is 14.0. The Balaban J connectivity index is 0.00000261. The minimum Gasteiger partial charge on any atom is -0.459 e. The Bertz CT molecular complexity index is 695. The molecule has 27 heavy (non-hydrogen) atoms. The van der Waals surface area contributed by atoms with E-state index in [0.29, 0.717) is 18.8 Å². The summed E-state index contributed by atoms with van der Waals surface area (Å²) in [5.74, 6) is 1.24. The van der Waals surface area contributed by atoms with Crippen molar-refractivity contribution < 1.29 is 9.21 Å². The van der Waals surface area contributed by atoms with E-state index in [9.17, 15) is 4.79 Å². The van der Waals surface area contributed by atoms with E-state index >= 15 is 0 Å². The number of furan rings is 1. The van der Waals surface area contributed by atoms with Gasteiger partial charge in [0.15, 0.2) is 11.7 Å². The van der Waals surface area contributed by atoms with Crippen molar-refractivity contribution in [3.8, 4) is 0 Å². The Hall–Kier alpha value is -2.11. The van der Waals surface area contributed by atoms with Gasteiger partial charge in [-0.1, -0.05) is 0 Å². The van der Waals surface area contributed by atoms with Crippen molar-refractivity contribution in [1.82, 2.24) is 29.9 Å². The lowest BCUT2D eigenvalue weighted by Crippen LogP contribution is -2.53. The number of aromatic nitrogens is 3. The number of hydrogen-bond acceptors (Lipinski definition) is 5. The second-order valence-corrected chi connectivity index (χ2v) is 6.14. The molecule has 0 spiro atoms. The average molecular weight is 487 g/mol. The molecule has 0 aromatic carbocycles. The molecule has 1 N–H and O–H groups in total. The Labute approximate surface area is 175 Å². The molecule has 1 aliphatic rings. The van der Waals surface area contributed by atoms with E-state index in [2.05, 4.69) is 25.4 Å². The number of nitrogens with one attached hydrogen (secondary N) is 1. The molecule has 10 heteroatoms. The van der Waals surface area contributed by atoms with Crippen molar-refractivity contribution in [3.05, 3.63) is 36.8 Å². The first-order chi connectivity index (χ1) is 12.8. The number of aryl methyl sites for hydroxylation is 1. The van der Waals surface area contributed by atoms with Gasteiger partial charge in [0.25, 0.3) is 5.91 Å². The fraction of sp³-hybridized carbons (Fsp3) is 0.529. The maximum Gasteiger partial charge on any atom is 0.289 e. The Morgan fingerprint density at radius 3 is 2.52 bits per heavy atom. The number of carbonyl (C=O) groups is 1. The third-order valence-corrected chi connectivity index (χ3v) is 4.40. The summed E-state index contributed by atoms with van der Waals surface area (Å²) in [6.45, 7) is 4.61. The summed E-state index contributed by atoms with van der Waals surface area (Å²) >= 11 is 0. The highest BCUT2D eigenvalue weighted by Gasteiger charge is 2.24. The molecular formula is C17H26IN7O2. The summed E-state index contributed by atoms with van der Waals surface area (Å²) in [5, 5.41) is 11.0. The second-order valence-electron chi connectivity index (χ2n) is 6.14. The van der Waals surface area contributed by atoms with Crippen molar-refractivity contribution >= 4 is 35.8 Å². The van der Waals surface area contributed by atoms with Crippen LogP contribution in [0.25, 0.3) is 0 Å². The van der Waals surface area contributed by atoms with Crippen molar-refractivity contribution in [2.24, 2.45) is 4.99 Å². The van der Waals surface area contributed by atoms with Crippen LogP contribution in [0.3, 0.4) is 0 Å². The zero-order valence-corrected chi connectivity index (χ0v) is 17.8. The van der Waals surface area contributed by atoms with Crippen LogP contribution >= 0.6 is 24.0 Å². The van der Waals surface area contributed by atoms with Crippen molar-refractivity contribution in [3.63, 3.8) is 0 Å².